The van der Waals surface area contributed by atoms with Crippen LogP contribution in [0.2, 0.25) is 0 Å². The van der Waals surface area contributed by atoms with Crippen molar-refractivity contribution >= 4 is 21.6 Å². The lowest BCUT2D eigenvalue weighted by Gasteiger charge is -2.05. The van der Waals surface area contributed by atoms with Crippen molar-refractivity contribution in [1.82, 2.24) is 0 Å². The normalized spacial score (nSPS) is 12.4. The van der Waals surface area contributed by atoms with Crippen LogP contribution in [0.3, 0.4) is 0 Å². The average molecular weight is 284 g/mol. The molecular formula is C17H13FOS. The maximum Gasteiger partial charge on any atom is 0.123 e. The summed E-state index contributed by atoms with van der Waals surface area (Å²) in [6, 6.07) is 20.0. The molecule has 0 saturated heterocycles. The molecule has 0 aromatic heterocycles. The maximum absolute atomic E-state index is 13.1. The van der Waals surface area contributed by atoms with Crippen LogP contribution < -0.4 is 0 Å². The van der Waals surface area contributed by atoms with E-state index in [0.29, 0.717) is 5.75 Å². The van der Waals surface area contributed by atoms with E-state index in [1.165, 1.54) is 12.1 Å². The van der Waals surface area contributed by atoms with Gasteiger partial charge in [0.25, 0.3) is 0 Å². The largest absolute Gasteiger partial charge is 0.254 e. The van der Waals surface area contributed by atoms with Crippen LogP contribution in [0.25, 0.3) is 10.8 Å². The van der Waals surface area contributed by atoms with Crippen LogP contribution in [0.15, 0.2) is 71.6 Å². The van der Waals surface area contributed by atoms with Crippen molar-refractivity contribution in [3.8, 4) is 0 Å². The Morgan fingerprint density at radius 1 is 0.850 bits per heavy atom. The predicted octanol–water partition coefficient (Wildman–Crippen LogP) is 4.29. The Hall–Kier alpha value is -2.00. The summed E-state index contributed by atoms with van der Waals surface area (Å²) in [6.07, 6.45) is 0. The molecular weight excluding hydrogens is 271 g/mol. The molecule has 0 fully saturated rings. The smallest absolute Gasteiger partial charge is 0.123 e. The Bertz CT molecular complexity index is 783. The van der Waals surface area contributed by atoms with Crippen LogP contribution in [-0.4, -0.2) is 4.21 Å². The fraction of sp³-hybridized carbons (Fsp3) is 0.0588. The summed E-state index contributed by atoms with van der Waals surface area (Å²) in [6.45, 7) is 0. The molecule has 0 heterocycles. The standard InChI is InChI=1S/C17H13FOS/c18-16-7-3-4-13(10-16)12-20(19)17-9-8-14-5-1-2-6-15(14)11-17/h1-11H,12H2. The van der Waals surface area contributed by atoms with Crippen LogP contribution in [-0.2, 0) is 16.6 Å². The molecule has 0 aliphatic heterocycles. The van der Waals surface area contributed by atoms with E-state index in [1.54, 1.807) is 12.1 Å². The van der Waals surface area contributed by atoms with Crippen molar-refractivity contribution < 1.29 is 8.60 Å². The third kappa shape index (κ3) is 2.78. The third-order valence-corrected chi connectivity index (χ3v) is 4.55. The Morgan fingerprint density at radius 3 is 2.45 bits per heavy atom. The van der Waals surface area contributed by atoms with Gasteiger partial charge in [-0.3, -0.25) is 4.21 Å². The Kier molecular flexibility index (Phi) is 3.61. The lowest BCUT2D eigenvalue weighted by Crippen LogP contribution is -1.97. The van der Waals surface area contributed by atoms with Gasteiger partial charge in [-0.25, -0.2) is 4.39 Å². The van der Waals surface area contributed by atoms with E-state index in [2.05, 4.69) is 0 Å². The first kappa shape index (κ1) is 13.0. The zero-order chi connectivity index (χ0) is 13.9. The van der Waals surface area contributed by atoms with Gasteiger partial charge >= 0.3 is 0 Å². The molecule has 3 aromatic carbocycles. The van der Waals surface area contributed by atoms with Crippen molar-refractivity contribution in [3.05, 3.63) is 78.1 Å². The SMILES string of the molecule is O=S(Cc1cccc(F)c1)c1ccc2ccccc2c1. The van der Waals surface area contributed by atoms with Gasteiger partial charge in [0, 0.05) is 4.90 Å². The number of benzene rings is 3. The van der Waals surface area contributed by atoms with Gasteiger partial charge in [-0.05, 0) is 40.6 Å². The van der Waals surface area contributed by atoms with E-state index in [4.69, 9.17) is 0 Å². The third-order valence-electron chi connectivity index (χ3n) is 3.17. The van der Waals surface area contributed by atoms with Gasteiger partial charge in [0.2, 0.25) is 0 Å². The van der Waals surface area contributed by atoms with E-state index in [0.717, 1.165) is 21.2 Å². The van der Waals surface area contributed by atoms with Gasteiger partial charge in [0.15, 0.2) is 0 Å². The van der Waals surface area contributed by atoms with Crippen LogP contribution in [0, 0.1) is 5.82 Å². The van der Waals surface area contributed by atoms with Crippen molar-refractivity contribution in [2.24, 2.45) is 0 Å². The molecule has 3 heteroatoms. The second-order valence-corrected chi connectivity index (χ2v) is 6.08. The predicted molar refractivity (Wildman–Crippen MR) is 80.5 cm³/mol. The Morgan fingerprint density at radius 2 is 1.65 bits per heavy atom. The summed E-state index contributed by atoms with van der Waals surface area (Å²) in [5.74, 6) is 0.0360. The number of halogens is 1. The molecule has 1 atom stereocenters. The monoisotopic (exact) mass is 284 g/mol. The number of rotatable bonds is 3. The van der Waals surface area contributed by atoms with Gasteiger partial charge in [-0.1, -0.05) is 42.5 Å². The quantitative estimate of drug-likeness (QED) is 0.701. The molecule has 0 amide bonds. The fourth-order valence-electron chi connectivity index (χ4n) is 2.17. The molecule has 0 spiro atoms. The highest BCUT2D eigenvalue weighted by molar-refractivity contribution is 7.84. The molecule has 0 aliphatic rings. The summed E-state index contributed by atoms with van der Waals surface area (Å²) in [5, 5.41) is 2.19. The minimum atomic E-state index is -1.17. The average Bonchev–Trinajstić information content (AvgIpc) is 2.47. The summed E-state index contributed by atoms with van der Waals surface area (Å²) >= 11 is 0. The van der Waals surface area contributed by atoms with Crippen molar-refractivity contribution in [2.45, 2.75) is 10.6 Å². The minimum Gasteiger partial charge on any atom is -0.254 e. The van der Waals surface area contributed by atoms with Crippen LogP contribution in [0.1, 0.15) is 5.56 Å². The first-order valence-corrected chi connectivity index (χ1v) is 7.66. The molecule has 100 valence electrons. The first-order valence-electron chi connectivity index (χ1n) is 6.34. The van der Waals surface area contributed by atoms with Gasteiger partial charge < -0.3 is 0 Å². The van der Waals surface area contributed by atoms with Crippen LogP contribution >= 0.6 is 0 Å². The molecule has 0 aliphatic carbocycles. The molecule has 3 rings (SSSR count). The summed E-state index contributed by atoms with van der Waals surface area (Å²) in [5.41, 5.74) is 0.747. The fourth-order valence-corrected chi connectivity index (χ4v) is 3.30. The molecule has 1 nitrogen and oxygen atoms in total. The highest BCUT2D eigenvalue weighted by Crippen LogP contribution is 2.20. The number of hydrogen-bond donors (Lipinski definition) is 0. The molecule has 20 heavy (non-hydrogen) atoms. The minimum absolute atomic E-state index is 0.294. The van der Waals surface area contributed by atoms with Gasteiger partial charge in [0.1, 0.15) is 5.82 Å². The zero-order valence-electron chi connectivity index (χ0n) is 10.8. The number of hydrogen-bond acceptors (Lipinski definition) is 1. The zero-order valence-corrected chi connectivity index (χ0v) is 11.6. The van der Waals surface area contributed by atoms with Gasteiger partial charge in [-0.2, -0.15) is 0 Å². The summed E-state index contributed by atoms with van der Waals surface area (Å²) in [4.78, 5) is 0.771. The maximum atomic E-state index is 13.1. The van der Waals surface area contributed by atoms with E-state index in [1.807, 2.05) is 42.5 Å². The van der Waals surface area contributed by atoms with E-state index in [9.17, 15) is 8.60 Å². The Balaban J connectivity index is 1.88. The van der Waals surface area contributed by atoms with E-state index in [-0.39, 0.29) is 5.82 Å². The first-order chi connectivity index (χ1) is 9.72. The van der Waals surface area contributed by atoms with Crippen molar-refractivity contribution in [1.29, 1.82) is 0 Å². The van der Waals surface area contributed by atoms with E-state index >= 15 is 0 Å². The van der Waals surface area contributed by atoms with Gasteiger partial charge in [0.05, 0.1) is 16.6 Å². The van der Waals surface area contributed by atoms with E-state index < -0.39 is 10.8 Å². The lowest BCUT2D eigenvalue weighted by atomic mass is 10.1. The molecule has 0 saturated carbocycles. The second-order valence-electron chi connectivity index (χ2n) is 4.63. The molecule has 1 unspecified atom stereocenters. The van der Waals surface area contributed by atoms with Crippen molar-refractivity contribution in [2.75, 3.05) is 0 Å². The summed E-state index contributed by atoms with van der Waals surface area (Å²) in [7, 11) is -1.17. The van der Waals surface area contributed by atoms with Crippen LogP contribution in [0.5, 0.6) is 0 Å². The highest BCUT2D eigenvalue weighted by Gasteiger charge is 2.06. The second kappa shape index (κ2) is 5.55. The Labute approximate surface area is 119 Å². The highest BCUT2D eigenvalue weighted by atomic mass is 32.2. The van der Waals surface area contributed by atoms with Gasteiger partial charge in [-0.15, -0.1) is 0 Å². The summed E-state index contributed by atoms with van der Waals surface area (Å²) < 4.78 is 25.5. The number of fused-ring (bicyclic) bond motifs is 1. The lowest BCUT2D eigenvalue weighted by molar-refractivity contribution is 0.626. The topological polar surface area (TPSA) is 17.1 Å². The molecule has 3 aromatic rings. The molecule has 0 bridgehead atoms. The molecule has 0 N–H and O–H groups in total. The molecule has 0 radical (unpaired) electrons. The van der Waals surface area contributed by atoms with Crippen LogP contribution in [0.4, 0.5) is 4.39 Å². The van der Waals surface area contributed by atoms with Crippen molar-refractivity contribution in [3.63, 3.8) is 0 Å².